The van der Waals surface area contributed by atoms with Gasteiger partial charge in [-0.1, -0.05) is 18.2 Å². The molecular formula is C18H22N4O6S. The van der Waals surface area contributed by atoms with Crippen LogP contribution in [0.25, 0.3) is 10.9 Å². The zero-order chi connectivity index (χ0) is 21.6. The van der Waals surface area contributed by atoms with Gasteiger partial charge in [-0.3, -0.25) is 14.4 Å². The first-order valence-corrected chi connectivity index (χ1v) is 9.33. The van der Waals surface area contributed by atoms with Crippen LogP contribution in [0, 0.1) is 0 Å². The van der Waals surface area contributed by atoms with E-state index in [0.717, 1.165) is 10.9 Å². The summed E-state index contributed by atoms with van der Waals surface area (Å²) in [6.45, 7) is 0. The Hall–Kier alpha value is -3.05. The van der Waals surface area contributed by atoms with Crippen LogP contribution in [-0.2, 0) is 25.6 Å². The molecule has 0 unspecified atom stereocenters. The first-order valence-electron chi connectivity index (χ1n) is 8.69. The molecule has 29 heavy (non-hydrogen) atoms. The Balaban J connectivity index is 2.24. The molecule has 0 saturated carbocycles. The lowest BCUT2D eigenvalue weighted by atomic mass is 10.0. The number of nitrogens with one attached hydrogen (secondary N) is 3. The number of thiol groups is 1. The first-order chi connectivity index (χ1) is 13.7. The normalized spacial score (nSPS) is 14.0. The number of rotatable bonds is 10. The lowest BCUT2D eigenvalue weighted by molar-refractivity contribution is -0.142. The van der Waals surface area contributed by atoms with Gasteiger partial charge in [-0.25, -0.2) is 4.79 Å². The fraction of sp³-hybridized carbons (Fsp3) is 0.333. The number of nitrogens with two attached hydrogens (primary N) is 1. The summed E-state index contributed by atoms with van der Waals surface area (Å²) in [4.78, 5) is 49.9. The van der Waals surface area contributed by atoms with Gasteiger partial charge in [0.1, 0.15) is 12.1 Å². The third kappa shape index (κ3) is 5.96. The fourth-order valence-electron chi connectivity index (χ4n) is 2.75. The Morgan fingerprint density at radius 3 is 2.34 bits per heavy atom. The summed E-state index contributed by atoms with van der Waals surface area (Å²) < 4.78 is 0. The quantitative estimate of drug-likeness (QED) is 0.252. The molecule has 3 atom stereocenters. The van der Waals surface area contributed by atoms with E-state index in [9.17, 15) is 19.2 Å². The van der Waals surface area contributed by atoms with Gasteiger partial charge in [0.15, 0.2) is 0 Å². The van der Waals surface area contributed by atoms with Crippen molar-refractivity contribution < 1.29 is 29.4 Å². The molecule has 11 heteroatoms. The lowest BCUT2D eigenvalue weighted by Crippen LogP contribution is -2.55. The van der Waals surface area contributed by atoms with Crippen LogP contribution in [0.1, 0.15) is 12.0 Å². The van der Waals surface area contributed by atoms with Crippen LogP contribution in [0.2, 0.25) is 0 Å². The van der Waals surface area contributed by atoms with Crippen molar-refractivity contribution >= 4 is 47.3 Å². The van der Waals surface area contributed by atoms with Crippen LogP contribution >= 0.6 is 12.6 Å². The number of para-hydroxylation sites is 1. The van der Waals surface area contributed by atoms with Gasteiger partial charge in [-0.05, 0) is 11.6 Å². The van der Waals surface area contributed by atoms with E-state index in [1.807, 2.05) is 24.3 Å². The van der Waals surface area contributed by atoms with Gasteiger partial charge in [-0.2, -0.15) is 12.6 Å². The molecule has 0 bridgehead atoms. The van der Waals surface area contributed by atoms with Gasteiger partial charge in [0.05, 0.1) is 12.5 Å². The topological polar surface area (TPSA) is 175 Å². The van der Waals surface area contributed by atoms with Crippen LogP contribution in [-0.4, -0.2) is 62.8 Å². The van der Waals surface area contributed by atoms with E-state index < -0.39 is 48.3 Å². The number of aromatic nitrogens is 1. The van der Waals surface area contributed by atoms with E-state index in [1.54, 1.807) is 6.20 Å². The highest BCUT2D eigenvalue weighted by atomic mass is 32.1. The van der Waals surface area contributed by atoms with E-state index in [4.69, 9.17) is 15.9 Å². The van der Waals surface area contributed by atoms with Crippen LogP contribution in [0.5, 0.6) is 0 Å². The van der Waals surface area contributed by atoms with Crippen molar-refractivity contribution in [1.82, 2.24) is 15.6 Å². The highest BCUT2D eigenvalue weighted by Gasteiger charge is 2.28. The SMILES string of the molecule is N[C@@H](CC(=O)O)C(=O)N[C@@H](Cc1c[nH]c2ccccc12)C(=O)N[C@@H](CS)C(=O)O. The number of carbonyl (C=O) groups is 4. The number of amides is 2. The summed E-state index contributed by atoms with van der Waals surface area (Å²) in [7, 11) is 0. The molecule has 0 saturated heterocycles. The summed E-state index contributed by atoms with van der Waals surface area (Å²) in [6.07, 6.45) is 1.11. The third-order valence-electron chi connectivity index (χ3n) is 4.26. The van der Waals surface area contributed by atoms with Crippen molar-refractivity contribution in [1.29, 1.82) is 0 Å². The molecule has 2 amide bonds. The molecule has 7 N–H and O–H groups in total. The Morgan fingerprint density at radius 1 is 1.07 bits per heavy atom. The molecule has 0 spiro atoms. The number of carboxylic acids is 2. The number of H-pyrrole nitrogens is 1. The number of benzene rings is 1. The Labute approximate surface area is 171 Å². The zero-order valence-electron chi connectivity index (χ0n) is 15.3. The Bertz CT molecular complexity index is 915. The van der Waals surface area contributed by atoms with Crippen LogP contribution in [0.15, 0.2) is 30.5 Å². The predicted octanol–water partition coefficient (Wildman–Crippen LogP) is -0.504. The van der Waals surface area contributed by atoms with E-state index >= 15 is 0 Å². The smallest absolute Gasteiger partial charge is 0.327 e. The minimum atomic E-state index is -1.36. The van der Waals surface area contributed by atoms with Crippen molar-refractivity contribution in [3.63, 3.8) is 0 Å². The van der Waals surface area contributed by atoms with Crippen molar-refractivity contribution in [3.05, 3.63) is 36.0 Å². The van der Waals surface area contributed by atoms with Gasteiger partial charge < -0.3 is 31.6 Å². The summed E-state index contributed by atoms with van der Waals surface area (Å²) >= 11 is 3.90. The van der Waals surface area contributed by atoms with E-state index in [2.05, 4.69) is 28.2 Å². The van der Waals surface area contributed by atoms with Gasteiger partial charge in [-0.15, -0.1) is 0 Å². The monoisotopic (exact) mass is 422 g/mol. The van der Waals surface area contributed by atoms with Crippen molar-refractivity contribution in [2.75, 3.05) is 5.75 Å². The second-order valence-corrected chi connectivity index (χ2v) is 6.78. The number of carbonyl (C=O) groups excluding carboxylic acids is 2. The number of hydrogen-bond acceptors (Lipinski definition) is 6. The largest absolute Gasteiger partial charge is 0.481 e. The van der Waals surface area contributed by atoms with E-state index in [-0.39, 0.29) is 12.2 Å². The summed E-state index contributed by atoms with van der Waals surface area (Å²) in [5.41, 5.74) is 7.11. The maximum Gasteiger partial charge on any atom is 0.327 e. The van der Waals surface area contributed by atoms with Crippen LogP contribution < -0.4 is 16.4 Å². The maximum atomic E-state index is 12.7. The number of fused-ring (bicyclic) bond motifs is 1. The predicted molar refractivity (Wildman–Crippen MR) is 108 cm³/mol. The molecule has 10 nitrogen and oxygen atoms in total. The Morgan fingerprint density at radius 2 is 1.72 bits per heavy atom. The van der Waals surface area contributed by atoms with E-state index in [0.29, 0.717) is 5.56 Å². The lowest BCUT2D eigenvalue weighted by Gasteiger charge is -2.22. The average Bonchev–Trinajstić information content (AvgIpc) is 3.07. The van der Waals surface area contributed by atoms with Crippen LogP contribution in [0.3, 0.4) is 0 Å². The highest BCUT2D eigenvalue weighted by molar-refractivity contribution is 7.80. The number of carboxylic acid groups (broad SMARTS) is 2. The molecule has 1 heterocycles. The van der Waals surface area contributed by atoms with Crippen molar-refractivity contribution in [2.45, 2.75) is 31.0 Å². The second-order valence-electron chi connectivity index (χ2n) is 6.41. The summed E-state index contributed by atoms with van der Waals surface area (Å²) in [5.74, 6) is -4.25. The third-order valence-corrected chi connectivity index (χ3v) is 4.63. The fourth-order valence-corrected chi connectivity index (χ4v) is 2.99. The molecule has 2 rings (SSSR count). The average molecular weight is 422 g/mol. The molecule has 1 aromatic heterocycles. The molecule has 156 valence electrons. The Kier molecular flexibility index (Phi) is 7.62. The second kappa shape index (κ2) is 9.94. The van der Waals surface area contributed by atoms with Crippen molar-refractivity contribution in [3.8, 4) is 0 Å². The molecule has 0 aliphatic carbocycles. The minimum absolute atomic E-state index is 0.0420. The molecule has 0 radical (unpaired) electrons. The van der Waals surface area contributed by atoms with Gasteiger partial charge in [0.25, 0.3) is 0 Å². The molecule has 2 aromatic rings. The number of hydrogen-bond donors (Lipinski definition) is 7. The molecule has 1 aromatic carbocycles. The highest BCUT2D eigenvalue weighted by Crippen LogP contribution is 2.19. The zero-order valence-corrected chi connectivity index (χ0v) is 16.2. The van der Waals surface area contributed by atoms with Crippen molar-refractivity contribution in [2.24, 2.45) is 5.73 Å². The van der Waals surface area contributed by atoms with Gasteiger partial charge >= 0.3 is 11.9 Å². The van der Waals surface area contributed by atoms with Gasteiger partial charge in [0, 0.05) is 29.3 Å². The molecular weight excluding hydrogens is 400 g/mol. The molecule has 0 aliphatic rings. The number of aromatic amines is 1. The maximum absolute atomic E-state index is 12.7. The van der Waals surface area contributed by atoms with Gasteiger partial charge in [0.2, 0.25) is 11.8 Å². The first kappa shape index (κ1) is 22.2. The standard InChI is InChI=1S/C18H22N4O6S/c19-11(6-15(23)24)16(25)21-13(17(26)22-14(8-29)18(27)28)5-9-7-20-12-4-2-1-3-10(9)12/h1-4,7,11,13-14,20,29H,5-6,8,19H2,(H,21,25)(H,22,26)(H,23,24)(H,27,28)/t11-,13-,14-/m0/s1. The summed E-state index contributed by atoms with van der Waals surface area (Å²) in [5, 5.41) is 23.5. The van der Waals surface area contributed by atoms with E-state index in [1.165, 1.54) is 0 Å². The minimum Gasteiger partial charge on any atom is -0.481 e. The van der Waals surface area contributed by atoms with Crippen LogP contribution in [0.4, 0.5) is 0 Å². The summed E-state index contributed by atoms with van der Waals surface area (Å²) in [6, 6.07) is 3.56. The molecule has 0 aliphatic heterocycles. The number of aliphatic carboxylic acids is 2. The molecule has 0 fully saturated rings.